The standard InChI is InChI=1S/C14H16F2N2O3/c15-14(16,13(21)6-1-7-13)12(20)18-10-4-2-9(3-5-10)8-11(17)19/h2-5,21H,1,6-8H2,(H2,17,19)(H,18,20). The summed E-state index contributed by atoms with van der Waals surface area (Å²) in [4.78, 5) is 22.4. The summed E-state index contributed by atoms with van der Waals surface area (Å²) < 4.78 is 27.7. The highest BCUT2D eigenvalue weighted by molar-refractivity contribution is 5.97. The predicted octanol–water partition coefficient (Wildman–Crippen LogP) is 1.20. The number of nitrogens with one attached hydrogen (secondary N) is 1. The molecule has 0 atom stereocenters. The van der Waals surface area contributed by atoms with Crippen LogP contribution in [0.5, 0.6) is 0 Å². The summed E-state index contributed by atoms with van der Waals surface area (Å²) in [5.74, 6) is -5.88. The molecule has 1 aliphatic carbocycles. The minimum Gasteiger partial charge on any atom is -0.383 e. The van der Waals surface area contributed by atoms with E-state index in [0.717, 1.165) is 0 Å². The maximum Gasteiger partial charge on any atom is 0.352 e. The van der Waals surface area contributed by atoms with Crippen LogP contribution in [0.4, 0.5) is 14.5 Å². The summed E-state index contributed by atoms with van der Waals surface area (Å²) in [6.45, 7) is 0. The summed E-state index contributed by atoms with van der Waals surface area (Å²) in [5.41, 5.74) is 3.57. The summed E-state index contributed by atoms with van der Waals surface area (Å²) in [5, 5.41) is 11.7. The van der Waals surface area contributed by atoms with Crippen LogP contribution in [0.25, 0.3) is 0 Å². The molecule has 0 aromatic heterocycles. The Morgan fingerprint density at radius 3 is 2.29 bits per heavy atom. The van der Waals surface area contributed by atoms with Gasteiger partial charge in [-0.25, -0.2) is 0 Å². The number of nitrogens with two attached hydrogens (primary N) is 1. The van der Waals surface area contributed by atoms with Gasteiger partial charge in [-0.1, -0.05) is 12.1 Å². The van der Waals surface area contributed by atoms with Gasteiger partial charge in [0.15, 0.2) is 0 Å². The van der Waals surface area contributed by atoms with Gasteiger partial charge in [-0.15, -0.1) is 0 Å². The zero-order valence-electron chi connectivity index (χ0n) is 11.2. The molecule has 7 heteroatoms. The molecular formula is C14H16F2N2O3. The molecule has 4 N–H and O–H groups in total. The topological polar surface area (TPSA) is 92.4 Å². The minimum atomic E-state index is -3.84. The molecule has 1 fully saturated rings. The van der Waals surface area contributed by atoms with Crippen LogP contribution < -0.4 is 11.1 Å². The lowest BCUT2D eigenvalue weighted by Crippen LogP contribution is -2.59. The quantitative estimate of drug-likeness (QED) is 0.762. The zero-order valence-corrected chi connectivity index (χ0v) is 11.2. The van der Waals surface area contributed by atoms with Crippen LogP contribution in [-0.2, 0) is 16.0 Å². The number of hydrogen-bond acceptors (Lipinski definition) is 3. The number of halogens is 2. The average molecular weight is 298 g/mol. The fourth-order valence-electron chi connectivity index (χ4n) is 2.15. The van der Waals surface area contributed by atoms with E-state index in [1.165, 1.54) is 24.3 Å². The molecule has 1 aromatic rings. The SMILES string of the molecule is NC(=O)Cc1ccc(NC(=O)C(F)(F)C2(O)CCC2)cc1. The van der Waals surface area contributed by atoms with Crippen LogP contribution in [-0.4, -0.2) is 28.4 Å². The third kappa shape index (κ3) is 3.02. The fraction of sp³-hybridized carbons (Fsp3) is 0.429. The number of anilines is 1. The second kappa shape index (κ2) is 5.40. The number of amides is 2. The first-order chi connectivity index (χ1) is 9.74. The van der Waals surface area contributed by atoms with Crippen LogP contribution in [0.15, 0.2) is 24.3 Å². The number of carbonyl (C=O) groups excluding carboxylic acids is 2. The van der Waals surface area contributed by atoms with Gasteiger partial charge in [0.2, 0.25) is 5.91 Å². The molecule has 1 aliphatic rings. The van der Waals surface area contributed by atoms with Crippen molar-refractivity contribution in [3.8, 4) is 0 Å². The second-order valence-electron chi connectivity index (χ2n) is 5.25. The van der Waals surface area contributed by atoms with Crippen molar-refractivity contribution in [3.63, 3.8) is 0 Å². The van der Waals surface area contributed by atoms with E-state index in [1.54, 1.807) is 0 Å². The normalized spacial score (nSPS) is 16.9. The van der Waals surface area contributed by atoms with E-state index < -0.39 is 23.3 Å². The van der Waals surface area contributed by atoms with Crippen molar-refractivity contribution in [1.82, 2.24) is 0 Å². The molecule has 0 unspecified atom stereocenters. The highest BCUT2D eigenvalue weighted by Crippen LogP contribution is 2.44. The first kappa shape index (κ1) is 15.4. The van der Waals surface area contributed by atoms with Gasteiger partial charge >= 0.3 is 5.92 Å². The monoisotopic (exact) mass is 298 g/mol. The highest BCUT2D eigenvalue weighted by Gasteiger charge is 2.61. The number of benzene rings is 1. The van der Waals surface area contributed by atoms with Crippen molar-refractivity contribution in [2.24, 2.45) is 5.73 Å². The molecule has 0 spiro atoms. The Morgan fingerprint density at radius 2 is 1.86 bits per heavy atom. The molecule has 2 rings (SSSR count). The van der Waals surface area contributed by atoms with Gasteiger partial charge in [-0.2, -0.15) is 8.78 Å². The van der Waals surface area contributed by atoms with Crippen LogP contribution >= 0.6 is 0 Å². The third-order valence-corrected chi connectivity index (χ3v) is 3.64. The Labute approximate surface area is 120 Å². The molecule has 0 saturated heterocycles. The van der Waals surface area contributed by atoms with Crippen molar-refractivity contribution in [1.29, 1.82) is 0 Å². The minimum absolute atomic E-state index is 0.0319. The average Bonchev–Trinajstić information content (AvgIpc) is 2.37. The zero-order chi connectivity index (χ0) is 15.7. The Kier molecular flexibility index (Phi) is 3.95. The molecule has 2 amide bonds. The van der Waals surface area contributed by atoms with Crippen molar-refractivity contribution in [2.75, 3.05) is 5.32 Å². The van der Waals surface area contributed by atoms with E-state index >= 15 is 0 Å². The van der Waals surface area contributed by atoms with Gasteiger partial charge < -0.3 is 16.2 Å². The summed E-state index contributed by atoms with van der Waals surface area (Å²) in [7, 11) is 0. The molecule has 0 aliphatic heterocycles. The fourth-order valence-corrected chi connectivity index (χ4v) is 2.15. The molecule has 0 radical (unpaired) electrons. The maximum absolute atomic E-state index is 13.9. The van der Waals surface area contributed by atoms with Gasteiger partial charge in [0.05, 0.1) is 6.42 Å². The Bertz CT molecular complexity index is 554. The van der Waals surface area contributed by atoms with Crippen molar-refractivity contribution < 1.29 is 23.5 Å². The lowest BCUT2D eigenvalue weighted by atomic mass is 9.75. The molecule has 114 valence electrons. The van der Waals surface area contributed by atoms with Gasteiger partial charge in [0, 0.05) is 5.69 Å². The Morgan fingerprint density at radius 1 is 1.29 bits per heavy atom. The van der Waals surface area contributed by atoms with Gasteiger partial charge in [-0.3, -0.25) is 9.59 Å². The largest absolute Gasteiger partial charge is 0.383 e. The van der Waals surface area contributed by atoms with Crippen molar-refractivity contribution in [2.45, 2.75) is 37.2 Å². The second-order valence-corrected chi connectivity index (χ2v) is 5.25. The molecular weight excluding hydrogens is 282 g/mol. The van der Waals surface area contributed by atoms with Gasteiger partial charge in [0.25, 0.3) is 5.91 Å². The number of hydrogen-bond donors (Lipinski definition) is 3. The lowest BCUT2D eigenvalue weighted by Gasteiger charge is -2.41. The number of primary amides is 1. The van der Waals surface area contributed by atoms with E-state index in [2.05, 4.69) is 5.32 Å². The molecule has 1 saturated carbocycles. The lowest BCUT2D eigenvalue weighted by molar-refractivity contribution is -0.212. The van der Waals surface area contributed by atoms with E-state index in [1.807, 2.05) is 0 Å². The number of carbonyl (C=O) groups is 2. The van der Waals surface area contributed by atoms with Crippen LogP contribution in [0.2, 0.25) is 0 Å². The highest BCUT2D eigenvalue weighted by atomic mass is 19.3. The van der Waals surface area contributed by atoms with E-state index in [9.17, 15) is 23.5 Å². The molecule has 1 aromatic carbocycles. The van der Waals surface area contributed by atoms with Gasteiger partial charge in [0.1, 0.15) is 5.60 Å². The van der Waals surface area contributed by atoms with Crippen molar-refractivity contribution in [3.05, 3.63) is 29.8 Å². The van der Waals surface area contributed by atoms with Crippen LogP contribution in [0.3, 0.4) is 0 Å². The number of aliphatic hydroxyl groups is 1. The van der Waals surface area contributed by atoms with Crippen LogP contribution in [0, 0.1) is 0 Å². The smallest absolute Gasteiger partial charge is 0.352 e. The molecule has 0 bridgehead atoms. The molecule has 5 nitrogen and oxygen atoms in total. The van der Waals surface area contributed by atoms with E-state index in [-0.39, 0.29) is 24.9 Å². The Hall–Kier alpha value is -2.02. The number of rotatable bonds is 5. The van der Waals surface area contributed by atoms with Crippen molar-refractivity contribution >= 4 is 17.5 Å². The van der Waals surface area contributed by atoms with Crippen LogP contribution in [0.1, 0.15) is 24.8 Å². The summed E-state index contributed by atoms with van der Waals surface area (Å²) in [6.07, 6.45) is 0.321. The molecule has 21 heavy (non-hydrogen) atoms. The third-order valence-electron chi connectivity index (χ3n) is 3.64. The van der Waals surface area contributed by atoms with E-state index in [4.69, 9.17) is 5.73 Å². The summed E-state index contributed by atoms with van der Waals surface area (Å²) >= 11 is 0. The predicted molar refractivity (Wildman–Crippen MR) is 71.7 cm³/mol. The summed E-state index contributed by atoms with van der Waals surface area (Å²) in [6, 6.07) is 5.82. The van der Waals surface area contributed by atoms with E-state index in [0.29, 0.717) is 12.0 Å². The first-order valence-corrected chi connectivity index (χ1v) is 6.53. The Balaban J connectivity index is 2.04. The maximum atomic E-state index is 13.9. The molecule has 0 heterocycles. The first-order valence-electron chi connectivity index (χ1n) is 6.53. The number of alkyl halides is 2. The van der Waals surface area contributed by atoms with Gasteiger partial charge in [-0.05, 0) is 37.0 Å².